The Morgan fingerprint density at radius 3 is 2.65 bits per heavy atom. The molecule has 1 fully saturated rings. The van der Waals surface area contributed by atoms with Gasteiger partial charge >= 0.3 is 0 Å². The highest BCUT2D eigenvalue weighted by atomic mass is 15.1. The van der Waals surface area contributed by atoms with E-state index in [9.17, 15) is 0 Å². The van der Waals surface area contributed by atoms with E-state index in [-0.39, 0.29) is 5.54 Å². The van der Waals surface area contributed by atoms with E-state index >= 15 is 0 Å². The summed E-state index contributed by atoms with van der Waals surface area (Å²) in [6.07, 6.45) is 7.90. The highest BCUT2D eigenvalue weighted by Crippen LogP contribution is 2.30. The van der Waals surface area contributed by atoms with Crippen molar-refractivity contribution in [1.82, 2.24) is 9.97 Å². The lowest BCUT2D eigenvalue weighted by Gasteiger charge is -2.37. The first-order chi connectivity index (χ1) is 8.15. The second-order valence-corrected chi connectivity index (χ2v) is 5.12. The predicted molar refractivity (Wildman–Crippen MR) is 70.0 cm³/mol. The average molecular weight is 234 g/mol. The van der Waals surface area contributed by atoms with E-state index in [1.807, 2.05) is 13.8 Å². The van der Waals surface area contributed by atoms with E-state index in [2.05, 4.69) is 15.3 Å². The van der Waals surface area contributed by atoms with Crippen molar-refractivity contribution in [3.05, 3.63) is 17.6 Å². The number of nitrogens with one attached hydrogen (secondary N) is 1. The summed E-state index contributed by atoms with van der Waals surface area (Å²) in [7, 11) is 0. The molecule has 1 aliphatic rings. The fraction of sp³-hybridized carbons (Fsp3) is 0.692. The molecular weight excluding hydrogens is 212 g/mol. The number of hydrogen-bond acceptors (Lipinski definition) is 4. The van der Waals surface area contributed by atoms with Gasteiger partial charge in [-0.2, -0.15) is 0 Å². The Morgan fingerprint density at radius 1 is 1.29 bits per heavy atom. The minimum atomic E-state index is 0.0332. The summed E-state index contributed by atoms with van der Waals surface area (Å²) in [6, 6.07) is 0. The highest BCUT2D eigenvalue weighted by molar-refractivity contribution is 5.42. The SMILES string of the molecule is Cc1cnc(C)c(NC2(CN)CCCCC2)n1. The molecule has 1 aromatic rings. The van der Waals surface area contributed by atoms with Gasteiger partial charge in [-0.25, -0.2) is 4.98 Å². The summed E-state index contributed by atoms with van der Waals surface area (Å²) in [5.74, 6) is 0.900. The first kappa shape index (κ1) is 12.3. The molecule has 4 nitrogen and oxygen atoms in total. The van der Waals surface area contributed by atoms with Crippen molar-refractivity contribution in [3.63, 3.8) is 0 Å². The number of aryl methyl sites for hydroxylation is 2. The maximum Gasteiger partial charge on any atom is 0.148 e. The number of nitrogens with two attached hydrogens (primary N) is 1. The lowest BCUT2D eigenvalue weighted by Crippen LogP contribution is -2.47. The quantitative estimate of drug-likeness (QED) is 0.841. The van der Waals surface area contributed by atoms with Gasteiger partial charge in [-0.1, -0.05) is 19.3 Å². The van der Waals surface area contributed by atoms with Crippen LogP contribution in [0.4, 0.5) is 5.82 Å². The molecule has 1 saturated carbocycles. The first-order valence-electron chi connectivity index (χ1n) is 6.44. The minimum absolute atomic E-state index is 0.0332. The smallest absolute Gasteiger partial charge is 0.148 e. The molecule has 1 heterocycles. The third-order valence-corrected chi connectivity index (χ3v) is 3.66. The summed E-state index contributed by atoms with van der Waals surface area (Å²) in [6.45, 7) is 4.62. The van der Waals surface area contributed by atoms with Gasteiger partial charge in [0.05, 0.1) is 16.9 Å². The zero-order chi connectivity index (χ0) is 12.3. The molecule has 0 bridgehead atoms. The van der Waals surface area contributed by atoms with Crippen molar-refractivity contribution in [1.29, 1.82) is 0 Å². The van der Waals surface area contributed by atoms with Crippen LogP contribution < -0.4 is 11.1 Å². The van der Waals surface area contributed by atoms with Gasteiger partial charge in [-0.05, 0) is 26.7 Å². The monoisotopic (exact) mass is 234 g/mol. The average Bonchev–Trinajstić information content (AvgIpc) is 2.35. The molecule has 0 aliphatic heterocycles. The van der Waals surface area contributed by atoms with Crippen molar-refractivity contribution in [2.45, 2.75) is 51.5 Å². The second-order valence-electron chi connectivity index (χ2n) is 5.12. The topological polar surface area (TPSA) is 63.8 Å². The van der Waals surface area contributed by atoms with Crippen LogP contribution in [0.5, 0.6) is 0 Å². The fourth-order valence-electron chi connectivity index (χ4n) is 2.52. The van der Waals surface area contributed by atoms with Crippen LogP contribution in [-0.4, -0.2) is 22.1 Å². The molecule has 1 aromatic heterocycles. The molecule has 2 rings (SSSR count). The summed E-state index contributed by atoms with van der Waals surface area (Å²) in [5, 5.41) is 3.55. The predicted octanol–water partition coefficient (Wildman–Crippen LogP) is 2.17. The van der Waals surface area contributed by atoms with Crippen molar-refractivity contribution in [3.8, 4) is 0 Å². The van der Waals surface area contributed by atoms with E-state index in [0.29, 0.717) is 6.54 Å². The molecule has 17 heavy (non-hydrogen) atoms. The molecule has 4 heteroatoms. The van der Waals surface area contributed by atoms with Gasteiger partial charge in [0.1, 0.15) is 5.82 Å². The van der Waals surface area contributed by atoms with Crippen LogP contribution in [0.1, 0.15) is 43.5 Å². The van der Waals surface area contributed by atoms with Crippen molar-refractivity contribution < 1.29 is 0 Å². The van der Waals surface area contributed by atoms with E-state index < -0.39 is 0 Å². The van der Waals surface area contributed by atoms with Gasteiger partial charge in [0, 0.05) is 12.7 Å². The summed E-state index contributed by atoms with van der Waals surface area (Å²) in [5.41, 5.74) is 7.89. The Balaban J connectivity index is 2.20. The molecule has 0 aromatic carbocycles. The maximum atomic E-state index is 5.96. The van der Waals surface area contributed by atoms with Gasteiger partial charge < -0.3 is 11.1 Å². The van der Waals surface area contributed by atoms with Crippen LogP contribution in [0, 0.1) is 13.8 Å². The van der Waals surface area contributed by atoms with Crippen LogP contribution >= 0.6 is 0 Å². The third-order valence-electron chi connectivity index (χ3n) is 3.66. The van der Waals surface area contributed by atoms with Crippen LogP contribution in [0.3, 0.4) is 0 Å². The molecule has 0 atom stereocenters. The lowest BCUT2D eigenvalue weighted by atomic mass is 9.81. The van der Waals surface area contributed by atoms with E-state index in [1.165, 1.54) is 19.3 Å². The molecule has 1 aliphatic carbocycles. The molecule has 0 radical (unpaired) electrons. The zero-order valence-electron chi connectivity index (χ0n) is 10.8. The maximum absolute atomic E-state index is 5.96. The van der Waals surface area contributed by atoms with Gasteiger partial charge in [-0.15, -0.1) is 0 Å². The van der Waals surface area contributed by atoms with Crippen molar-refractivity contribution in [2.75, 3.05) is 11.9 Å². The van der Waals surface area contributed by atoms with E-state index in [4.69, 9.17) is 5.73 Å². The molecule has 0 unspecified atom stereocenters. The summed E-state index contributed by atoms with van der Waals surface area (Å²) < 4.78 is 0. The normalized spacial score (nSPS) is 19.0. The van der Waals surface area contributed by atoms with E-state index in [1.54, 1.807) is 6.20 Å². The molecule has 0 amide bonds. The lowest BCUT2D eigenvalue weighted by molar-refractivity contribution is 0.330. The van der Waals surface area contributed by atoms with Gasteiger partial charge in [-0.3, -0.25) is 4.98 Å². The highest BCUT2D eigenvalue weighted by Gasteiger charge is 2.31. The first-order valence-corrected chi connectivity index (χ1v) is 6.44. The number of anilines is 1. The largest absolute Gasteiger partial charge is 0.362 e. The molecule has 3 N–H and O–H groups in total. The molecular formula is C13H22N4. The van der Waals surface area contributed by atoms with Crippen LogP contribution in [0.25, 0.3) is 0 Å². The summed E-state index contributed by atoms with van der Waals surface area (Å²) >= 11 is 0. The Morgan fingerprint density at radius 2 is 2.00 bits per heavy atom. The zero-order valence-corrected chi connectivity index (χ0v) is 10.8. The molecule has 0 spiro atoms. The van der Waals surface area contributed by atoms with Crippen molar-refractivity contribution in [2.24, 2.45) is 5.73 Å². The standard InChI is InChI=1S/C13H22N4/c1-10-8-15-11(2)12(16-10)17-13(9-14)6-4-3-5-7-13/h8H,3-7,9,14H2,1-2H3,(H,16,17). The summed E-state index contributed by atoms with van der Waals surface area (Å²) in [4.78, 5) is 8.87. The number of rotatable bonds is 3. The fourth-order valence-corrected chi connectivity index (χ4v) is 2.52. The molecule has 0 saturated heterocycles. The molecule has 94 valence electrons. The minimum Gasteiger partial charge on any atom is -0.362 e. The van der Waals surface area contributed by atoms with Gasteiger partial charge in [0.2, 0.25) is 0 Å². The Bertz CT molecular complexity index is 383. The number of hydrogen-bond donors (Lipinski definition) is 2. The Hall–Kier alpha value is -1.16. The van der Waals surface area contributed by atoms with E-state index in [0.717, 1.165) is 30.0 Å². The van der Waals surface area contributed by atoms with Crippen LogP contribution in [-0.2, 0) is 0 Å². The van der Waals surface area contributed by atoms with Crippen LogP contribution in [0.15, 0.2) is 6.20 Å². The van der Waals surface area contributed by atoms with Gasteiger partial charge in [0.25, 0.3) is 0 Å². The van der Waals surface area contributed by atoms with Crippen molar-refractivity contribution >= 4 is 5.82 Å². The second kappa shape index (κ2) is 5.00. The van der Waals surface area contributed by atoms with Crippen LogP contribution in [0.2, 0.25) is 0 Å². The Labute approximate surface area is 103 Å². The number of aromatic nitrogens is 2. The van der Waals surface area contributed by atoms with Gasteiger partial charge in [0.15, 0.2) is 0 Å². The third kappa shape index (κ3) is 2.75. The Kier molecular flexibility index (Phi) is 3.62. The number of nitrogens with zero attached hydrogens (tertiary/aromatic N) is 2.